The molecule has 1 aromatic rings. The van der Waals surface area contributed by atoms with E-state index >= 15 is 0 Å². The van der Waals surface area contributed by atoms with Gasteiger partial charge in [-0.05, 0) is 25.2 Å². The molecule has 1 heterocycles. The van der Waals surface area contributed by atoms with E-state index in [1.807, 2.05) is 18.5 Å². The molecule has 0 radical (unpaired) electrons. The Kier molecular flexibility index (Phi) is 1.93. The van der Waals surface area contributed by atoms with Crippen LogP contribution in [0.1, 0.15) is 31.9 Å². The Morgan fingerprint density at radius 3 is 2.43 bits per heavy atom. The average Bonchev–Trinajstić information content (AvgIpc) is 2.47. The fraction of sp³-hybridized carbons (Fsp3) is 0.800. The van der Waals surface area contributed by atoms with E-state index in [2.05, 4.69) is 24.0 Å². The van der Waals surface area contributed by atoms with Gasteiger partial charge in [-0.3, -0.25) is 0 Å². The van der Waals surface area contributed by atoms with Gasteiger partial charge < -0.3 is 9.67 Å². The molecule has 2 rings (SSSR count). The van der Waals surface area contributed by atoms with Crippen molar-refractivity contribution in [2.45, 2.75) is 32.8 Å². The Bertz CT molecular complexity index is 360. The van der Waals surface area contributed by atoms with Crippen LogP contribution in [0.3, 0.4) is 0 Å². The molecule has 4 heteroatoms. The topological polar surface area (TPSA) is 50.9 Å². The van der Waals surface area contributed by atoms with Gasteiger partial charge in [0.2, 0.25) is 0 Å². The number of aryl methyl sites for hydroxylation is 1. The molecule has 1 fully saturated rings. The first-order valence-corrected chi connectivity index (χ1v) is 5.05. The largest absolute Gasteiger partial charge is 0.382 e. The van der Waals surface area contributed by atoms with E-state index in [1.165, 1.54) is 0 Å². The van der Waals surface area contributed by atoms with Crippen molar-refractivity contribution >= 4 is 0 Å². The van der Waals surface area contributed by atoms with Crippen LogP contribution in [0, 0.1) is 18.8 Å². The van der Waals surface area contributed by atoms with Crippen LogP contribution in [0.4, 0.5) is 0 Å². The maximum Gasteiger partial charge on any atom is 0.165 e. The first-order chi connectivity index (χ1) is 6.47. The van der Waals surface area contributed by atoms with Gasteiger partial charge in [-0.25, -0.2) is 0 Å². The van der Waals surface area contributed by atoms with E-state index in [9.17, 15) is 5.11 Å². The van der Waals surface area contributed by atoms with Gasteiger partial charge in [0.25, 0.3) is 0 Å². The second-order valence-electron chi connectivity index (χ2n) is 4.52. The predicted octanol–water partition coefficient (Wildman–Crippen LogP) is 0.987. The first-order valence-electron chi connectivity index (χ1n) is 5.05. The molecule has 1 aliphatic rings. The van der Waals surface area contributed by atoms with E-state index in [1.54, 1.807) is 0 Å². The van der Waals surface area contributed by atoms with Crippen molar-refractivity contribution in [1.29, 1.82) is 0 Å². The monoisotopic (exact) mass is 195 g/mol. The van der Waals surface area contributed by atoms with Crippen LogP contribution < -0.4 is 0 Å². The number of hydrogen-bond acceptors (Lipinski definition) is 3. The van der Waals surface area contributed by atoms with E-state index < -0.39 is 5.60 Å². The lowest BCUT2D eigenvalue weighted by Gasteiger charge is -2.47. The molecule has 4 nitrogen and oxygen atoms in total. The Hall–Kier alpha value is -0.900. The van der Waals surface area contributed by atoms with E-state index in [4.69, 9.17) is 0 Å². The number of aromatic nitrogens is 3. The summed E-state index contributed by atoms with van der Waals surface area (Å²) < 4.78 is 1.88. The van der Waals surface area contributed by atoms with Gasteiger partial charge in [0.05, 0.1) is 0 Å². The number of aliphatic hydroxyl groups is 1. The molecular formula is C10H17N3O. The molecule has 1 aliphatic carbocycles. The normalized spacial score (nSPS) is 36.9. The summed E-state index contributed by atoms with van der Waals surface area (Å²) in [6, 6.07) is 0. The zero-order valence-corrected chi connectivity index (χ0v) is 9.15. The lowest BCUT2D eigenvalue weighted by molar-refractivity contribution is -0.140. The fourth-order valence-corrected chi connectivity index (χ4v) is 2.24. The fourth-order valence-electron chi connectivity index (χ4n) is 2.24. The van der Waals surface area contributed by atoms with Crippen molar-refractivity contribution in [3.63, 3.8) is 0 Å². The summed E-state index contributed by atoms with van der Waals surface area (Å²) in [5.74, 6) is 2.39. The Balaban J connectivity index is 2.36. The van der Waals surface area contributed by atoms with Crippen LogP contribution in [-0.4, -0.2) is 19.9 Å². The highest BCUT2D eigenvalue weighted by atomic mass is 16.3. The van der Waals surface area contributed by atoms with E-state index in [0.717, 1.165) is 12.2 Å². The summed E-state index contributed by atoms with van der Waals surface area (Å²) in [7, 11) is 1.90. The van der Waals surface area contributed by atoms with Crippen molar-refractivity contribution in [3.05, 3.63) is 11.6 Å². The maximum atomic E-state index is 10.4. The van der Waals surface area contributed by atoms with Crippen LogP contribution >= 0.6 is 0 Å². The van der Waals surface area contributed by atoms with Gasteiger partial charge >= 0.3 is 0 Å². The summed E-state index contributed by atoms with van der Waals surface area (Å²) >= 11 is 0. The van der Waals surface area contributed by atoms with E-state index in [0.29, 0.717) is 11.7 Å². The Morgan fingerprint density at radius 2 is 2.07 bits per heavy atom. The Morgan fingerprint density at radius 1 is 1.43 bits per heavy atom. The van der Waals surface area contributed by atoms with Gasteiger partial charge in [0, 0.05) is 7.05 Å². The van der Waals surface area contributed by atoms with Crippen molar-refractivity contribution in [1.82, 2.24) is 14.8 Å². The van der Waals surface area contributed by atoms with Crippen LogP contribution in [0.2, 0.25) is 0 Å². The van der Waals surface area contributed by atoms with Crippen LogP contribution in [0.25, 0.3) is 0 Å². The molecular weight excluding hydrogens is 178 g/mol. The van der Waals surface area contributed by atoms with E-state index in [-0.39, 0.29) is 5.92 Å². The van der Waals surface area contributed by atoms with Crippen molar-refractivity contribution in [2.24, 2.45) is 18.9 Å². The van der Waals surface area contributed by atoms with Gasteiger partial charge in [-0.2, -0.15) is 0 Å². The molecule has 0 aromatic carbocycles. The highest BCUT2D eigenvalue weighted by Gasteiger charge is 2.52. The van der Waals surface area contributed by atoms with Gasteiger partial charge in [0.15, 0.2) is 5.82 Å². The standard InChI is InChI=1S/C10H17N3O/c1-6-5-10(14,7(6)2)9-12-11-8(3)13(9)4/h6-7,14H,5H2,1-4H3. The third-order valence-corrected chi connectivity index (χ3v) is 3.72. The summed E-state index contributed by atoms with van der Waals surface area (Å²) in [6.45, 7) is 6.12. The molecule has 0 saturated heterocycles. The van der Waals surface area contributed by atoms with Crippen molar-refractivity contribution < 1.29 is 5.11 Å². The van der Waals surface area contributed by atoms with Gasteiger partial charge in [0.1, 0.15) is 11.4 Å². The Labute approximate surface area is 84.0 Å². The molecule has 3 unspecified atom stereocenters. The van der Waals surface area contributed by atoms with Crippen LogP contribution in [0.5, 0.6) is 0 Å². The highest BCUT2D eigenvalue weighted by Crippen LogP contribution is 2.49. The molecule has 3 atom stereocenters. The summed E-state index contributed by atoms with van der Waals surface area (Å²) in [6.07, 6.45) is 0.792. The molecule has 1 aromatic heterocycles. The smallest absolute Gasteiger partial charge is 0.165 e. The molecule has 1 N–H and O–H groups in total. The zero-order chi connectivity index (χ0) is 10.5. The third kappa shape index (κ3) is 1.03. The molecule has 0 aliphatic heterocycles. The SMILES string of the molecule is Cc1nnc(C2(O)CC(C)C2C)n1C. The third-order valence-electron chi connectivity index (χ3n) is 3.72. The second kappa shape index (κ2) is 2.79. The molecule has 78 valence electrons. The minimum absolute atomic E-state index is 0.268. The predicted molar refractivity (Wildman–Crippen MR) is 52.6 cm³/mol. The summed E-state index contributed by atoms with van der Waals surface area (Å²) in [4.78, 5) is 0. The highest BCUT2D eigenvalue weighted by molar-refractivity contribution is 5.13. The van der Waals surface area contributed by atoms with Crippen molar-refractivity contribution in [3.8, 4) is 0 Å². The van der Waals surface area contributed by atoms with Crippen LogP contribution in [-0.2, 0) is 12.6 Å². The number of hydrogen-bond donors (Lipinski definition) is 1. The number of nitrogens with zero attached hydrogens (tertiary/aromatic N) is 3. The molecule has 14 heavy (non-hydrogen) atoms. The number of rotatable bonds is 1. The molecule has 1 saturated carbocycles. The zero-order valence-electron chi connectivity index (χ0n) is 9.15. The first kappa shape index (κ1) is 9.65. The average molecular weight is 195 g/mol. The molecule has 0 spiro atoms. The second-order valence-corrected chi connectivity index (χ2v) is 4.52. The lowest BCUT2D eigenvalue weighted by Crippen LogP contribution is -2.50. The quantitative estimate of drug-likeness (QED) is 0.727. The minimum atomic E-state index is -0.755. The maximum absolute atomic E-state index is 10.4. The van der Waals surface area contributed by atoms with Gasteiger partial charge in [-0.15, -0.1) is 10.2 Å². The minimum Gasteiger partial charge on any atom is -0.382 e. The van der Waals surface area contributed by atoms with Crippen molar-refractivity contribution in [2.75, 3.05) is 0 Å². The lowest BCUT2D eigenvalue weighted by atomic mass is 9.62. The summed E-state index contributed by atoms with van der Waals surface area (Å²) in [5, 5.41) is 18.4. The van der Waals surface area contributed by atoms with Crippen LogP contribution in [0.15, 0.2) is 0 Å². The molecule has 0 amide bonds. The van der Waals surface area contributed by atoms with Gasteiger partial charge in [-0.1, -0.05) is 13.8 Å². The molecule has 0 bridgehead atoms. The summed E-state index contributed by atoms with van der Waals surface area (Å²) in [5.41, 5.74) is -0.755.